The van der Waals surface area contributed by atoms with Crippen LogP contribution < -0.4 is 10.6 Å². The minimum absolute atomic E-state index is 0.0166. The lowest BCUT2D eigenvalue weighted by atomic mass is 9.97. The molecule has 0 bridgehead atoms. The molecule has 0 aromatic heterocycles. The van der Waals surface area contributed by atoms with Crippen LogP contribution in [0.2, 0.25) is 0 Å². The smallest absolute Gasteiger partial charge is 0.408 e. The first-order valence-electron chi connectivity index (χ1n) is 12.8. The summed E-state index contributed by atoms with van der Waals surface area (Å²) in [7, 11) is 0. The highest BCUT2D eigenvalue weighted by molar-refractivity contribution is 7.80. The Morgan fingerprint density at radius 1 is 1.08 bits per heavy atom. The number of rotatable bonds is 10. The number of ether oxygens (including phenoxy) is 1. The van der Waals surface area contributed by atoms with E-state index in [2.05, 4.69) is 29.2 Å². The van der Waals surface area contributed by atoms with Crippen LogP contribution in [0.15, 0.2) is 42.5 Å². The molecule has 0 aliphatic carbocycles. The molecule has 0 fully saturated rings. The van der Waals surface area contributed by atoms with Crippen molar-refractivity contribution in [2.75, 3.05) is 17.6 Å². The fourth-order valence-corrected chi connectivity index (χ4v) is 4.30. The number of benzene rings is 2. The lowest BCUT2D eigenvalue weighted by molar-refractivity contribution is -0.140. The van der Waals surface area contributed by atoms with Crippen molar-refractivity contribution in [3.8, 4) is 12.3 Å². The maximum Gasteiger partial charge on any atom is 0.408 e. The molecular formula is C30H39N3O4S. The molecule has 8 heteroatoms. The van der Waals surface area contributed by atoms with Crippen LogP contribution in [-0.2, 0) is 14.3 Å². The van der Waals surface area contributed by atoms with Crippen molar-refractivity contribution in [1.82, 2.24) is 10.2 Å². The molecule has 204 valence electrons. The topological polar surface area (TPSA) is 87.7 Å². The second-order valence-electron chi connectivity index (χ2n) is 10.2. The number of carbonyl (C=O) groups excluding carboxylic acids is 3. The molecule has 2 atom stereocenters. The van der Waals surface area contributed by atoms with Gasteiger partial charge in [-0.2, -0.15) is 12.6 Å². The number of unbranched alkanes of at least 4 members (excludes halogenated alkanes) is 1. The number of anilines is 1. The molecule has 0 saturated heterocycles. The van der Waals surface area contributed by atoms with Crippen LogP contribution in [0.25, 0.3) is 0 Å². The lowest BCUT2D eigenvalue weighted by Crippen LogP contribution is -2.53. The van der Waals surface area contributed by atoms with Gasteiger partial charge < -0.3 is 20.3 Å². The molecule has 2 aromatic carbocycles. The molecule has 0 spiro atoms. The highest BCUT2D eigenvalue weighted by atomic mass is 32.1. The third-order valence-electron chi connectivity index (χ3n) is 5.91. The quantitative estimate of drug-likeness (QED) is 0.279. The van der Waals surface area contributed by atoms with E-state index in [4.69, 9.17) is 11.2 Å². The summed E-state index contributed by atoms with van der Waals surface area (Å²) in [6.07, 6.45) is 6.50. The monoisotopic (exact) mass is 537 g/mol. The highest BCUT2D eigenvalue weighted by Gasteiger charge is 2.36. The van der Waals surface area contributed by atoms with E-state index in [0.29, 0.717) is 23.2 Å². The summed E-state index contributed by atoms with van der Waals surface area (Å²) in [6.45, 7) is 11.3. The molecule has 2 rings (SSSR count). The third kappa shape index (κ3) is 8.29. The van der Waals surface area contributed by atoms with Gasteiger partial charge in [-0.15, -0.1) is 6.42 Å². The summed E-state index contributed by atoms with van der Waals surface area (Å²) in [5.74, 6) is 1.81. The Balaban J connectivity index is 2.57. The third-order valence-corrected chi connectivity index (χ3v) is 6.27. The molecule has 0 heterocycles. The fourth-order valence-electron chi connectivity index (χ4n) is 4.05. The van der Waals surface area contributed by atoms with Gasteiger partial charge in [0.25, 0.3) is 5.91 Å². The van der Waals surface area contributed by atoms with Crippen LogP contribution in [0.4, 0.5) is 10.5 Å². The first-order chi connectivity index (χ1) is 17.9. The number of nitrogens with zero attached hydrogens (tertiary/aromatic N) is 1. The lowest BCUT2D eigenvalue weighted by Gasteiger charge is -2.35. The Bertz CT molecular complexity index is 1160. The van der Waals surface area contributed by atoms with Gasteiger partial charge in [-0.1, -0.05) is 55.7 Å². The molecule has 0 aliphatic heterocycles. The molecule has 3 amide bonds. The predicted octanol–water partition coefficient (Wildman–Crippen LogP) is 5.42. The summed E-state index contributed by atoms with van der Waals surface area (Å²) < 4.78 is 5.35. The molecular weight excluding hydrogens is 498 g/mol. The number of nitrogens with one attached hydrogen (secondary N) is 2. The molecule has 2 unspecified atom stereocenters. The minimum Gasteiger partial charge on any atom is -0.444 e. The van der Waals surface area contributed by atoms with Gasteiger partial charge in [0.05, 0.1) is 0 Å². The molecule has 0 radical (unpaired) electrons. The van der Waals surface area contributed by atoms with Gasteiger partial charge in [-0.3, -0.25) is 9.59 Å². The van der Waals surface area contributed by atoms with E-state index in [9.17, 15) is 14.4 Å². The number of amides is 3. The number of para-hydroxylation sites is 1. The van der Waals surface area contributed by atoms with E-state index in [1.165, 1.54) is 4.90 Å². The molecule has 7 nitrogen and oxygen atoms in total. The highest BCUT2D eigenvalue weighted by Crippen LogP contribution is 2.29. The summed E-state index contributed by atoms with van der Waals surface area (Å²) in [4.78, 5) is 42.0. The Labute approximate surface area is 232 Å². The summed E-state index contributed by atoms with van der Waals surface area (Å²) in [5, 5.41) is 5.66. The van der Waals surface area contributed by atoms with Crippen LogP contribution >= 0.6 is 12.6 Å². The van der Waals surface area contributed by atoms with Crippen molar-refractivity contribution in [3.05, 3.63) is 64.7 Å². The Hall–Kier alpha value is -3.44. The summed E-state index contributed by atoms with van der Waals surface area (Å²) >= 11 is 4.33. The average molecular weight is 538 g/mol. The van der Waals surface area contributed by atoms with Crippen LogP contribution in [-0.4, -0.2) is 46.7 Å². The van der Waals surface area contributed by atoms with Crippen molar-refractivity contribution < 1.29 is 19.1 Å². The van der Waals surface area contributed by atoms with Crippen LogP contribution in [0.1, 0.15) is 68.8 Å². The predicted molar refractivity (Wildman–Crippen MR) is 155 cm³/mol. The number of hydrogen-bond acceptors (Lipinski definition) is 5. The van der Waals surface area contributed by atoms with Gasteiger partial charge in [0.15, 0.2) is 0 Å². The van der Waals surface area contributed by atoms with Gasteiger partial charge >= 0.3 is 6.09 Å². The number of carbonyl (C=O) groups is 3. The largest absolute Gasteiger partial charge is 0.444 e. The van der Waals surface area contributed by atoms with Gasteiger partial charge in [0.1, 0.15) is 17.7 Å². The number of thiol groups is 1. The molecule has 2 N–H and O–H groups in total. The van der Waals surface area contributed by atoms with Gasteiger partial charge in [-0.05, 0) is 63.8 Å². The average Bonchev–Trinajstić information content (AvgIpc) is 2.85. The number of aryl methyl sites for hydroxylation is 2. The van der Waals surface area contributed by atoms with E-state index >= 15 is 0 Å². The van der Waals surface area contributed by atoms with Gasteiger partial charge in [0, 0.05) is 23.5 Å². The van der Waals surface area contributed by atoms with E-state index in [1.807, 2.05) is 39.0 Å². The summed E-state index contributed by atoms with van der Waals surface area (Å²) in [5.41, 5.74) is 2.77. The Morgan fingerprint density at radius 2 is 1.71 bits per heavy atom. The Kier molecular flexibility index (Phi) is 11.3. The number of terminal acetylenes is 1. The molecule has 2 aromatic rings. The molecule has 38 heavy (non-hydrogen) atoms. The molecule has 0 aliphatic rings. The fraction of sp³-hybridized carbons (Fsp3) is 0.433. The van der Waals surface area contributed by atoms with Crippen molar-refractivity contribution in [2.24, 2.45) is 0 Å². The minimum atomic E-state index is -1.04. The maximum absolute atomic E-state index is 14.0. The molecule has 0 saturated carbocycles. The Morgan fingerprint density at radius 3 is 2.26 bits per heavy atom. The van der Waals surface area contributed by atoms with Gasteiger partial charge in [-0.25, -0.2) is 4.79 Å². The first kappa shape index (κ1) is 30.8. The maximum atomic E-state index is 14.0. The number of hydrogen-bond donors (Lipinski definition) is 3. The SMILES string of the molecule is C#Cc1ccccc1C(C(=O)Nc1c(C)cccc1C)N(CCCC)C(=O)C(CS)NC(=O)OC(C)(C)C. The van der Waals surface area contributed by atoms with Gasteiger partial charge in [0.2, 0.25) is 5.91 Å². The normalized spacial score (nSPS) is 12.6. The van der Waals surface area contributed by atoms with Crippen LogP contribution in [0, 0.1) is 26.2 Å². The van der Waals surface area contributed by atoms with E-state index in [0.717, 1.165) is 17.5 Å². The van der Waals surface area contributed by atoms with Crippen molar-refractivity contribution >= 4 is 36.2 Å². The standard InChI is InChI=1S/C30H39N3O4S/c1-8-10-18-33(28(35)24(19-38)31-29(36)37-30(5,6)7)26(23-17-12-11-16-22(23)9-2)27(34)32-25-20(3)14-13-15-21(25)4/h2,11-17,24,26,38H,8,10,18-19H2,1,3-7H3,(H,31,36)(H,32,34). The van der Waals surface area contributed by atoms with E-state index < -0.39 is 35.6 Å². The zero-order valence-electron chi connectivity index (χ0n) is 23.1. The van der Waals surface area contributed by atoms with E-state index in [-0.39, 0.29) is 12.3 Å². The van der Waals surface area contributed by atoms with Crippen molar-refractivity contribution in [3.63, 3.8) is 0 Å². The van der Waals surface area contributed by atoms with Crippen molar-refractivity contribution in [1.29, 1.82) is 0 Å². The zero-order valence-corrected chi connectivity index (χ0v) is 24.0. The van der Waals surface area contributed by atoms with E-state index in [1.54, 1.807) is 45.0 Å². The number of alkyl carbamates (subject to hydrolysis) is 1. The van der Waals surface area contributed by atoms with Crippen LogP contribution in [0.3, 0.4) is 0 Å². The second kappa shape index (κ2) is 13.9. The van der Waals surface area contributed by atoms with Crippen molar-refractivity contribution in [2.45, 2.75) is 72.1 Å². The second-order valence-corrected chi connectivity index (χ2v) is 10.5. The zero-order chi connectivity index (χ0) is 28.5. The van der Waals surface area contributed by atoms with Crippen LogP contribution in [0.5, 0.6) is 0 Å². The summed E-state index contributed by atoms with van der Waals surface area (Å²) in [6, 6.07) is 10.8. The first-order valence-corrected chi connectivity index (χ1v) is 13.4.